The van der Waals surface area contributed by atoms with Crippen LogP contribution in [0.15, 0.2) is 54.6 Å². The highest BCUT2D eigenvalue weighted by Crippen LogP contribution is 2.37. The number of ether oxygens (including phenoxy) is 1. The lowest BCUT2D eigenvalue weighted by atomic mass is 10.0. The minimum Gasteiger partial charge on any atom is -0.383 e. The van der Waals surface area contributed by atoms with Crippen LogP contribution in [0.1, 0.15) is 65.6 Å². The fourth-order valence-corrected chi connectivity index (χ4v) is 4.98. The maximum Gasteiger partial charge on any atom is 0.418 e. The van der Waals surface area contributed by atoms with Crippen molar-refractivity contribution in [3.8, 4) is 5.69 Å². The molecule has 4 rings (SSSR count). The highest BCUT2D eigenvalue weighted by atomic mass is 19.4. The van der Waals surface area contributed by atoms with Gasteiger partial charge in [0, 0.05) is 26.6 Å². The largest absolute Gasteiger partial charge is 0.418 e. The number of alkyl halides is 3. The summed E-state index contributed by atoms with van der Waals surface area (Å²) in [6.45, 7) is 0.664. The van der Waals surface area contributed by atoms with E-state index in [0.29, 0.717) is 31.8 Å². The highest BCUT2D eigenvalue weighted by molar-refractivity contribution is 5.94. The molecule has 0 spiro atoms. The molecule has 214 valence electrons. The molecular formula is C29H34F3N5O3. The van der Waals surface area contributed by atoms with Crippen molar-refractivity contribution < 1.29 is 27.5 Å². The summed E-state index contributed by atoms with van der Waals surface area (Å²) in [6.07, 6.45) is -0.428. The fourth-order valence-electron chi connectivity index (χ4n) is 4.98. The molecule has 2 amide bonds. The van der Waals surface area contributed by atoms with Crippen LogP contribution in [0, 0.1) is 0 Å². The lowest BCUT2D eigenvalue weighted by Gasteiger charge is -2.24. The Kier molecular flexibility index (Phi) is 9.57. The van der Waals surface area contributed by atoms with Crippen LogP contribution in [0.3, 0.4) is 0 Å². The number of halogens is 3. The second-order valence-corrected chi connectivity index (χ2v) is 10.0. The van der Waals surface area contributed by atoms with Crippen LogP contribution >= 0.6 is 0 Å². The molecule has 1 aliphatic carbocycles. The predicted octanol–water partition coefficient (Wildman–Crippen LogP) is 4.78. The number of aromatic nitrogens is 3. The average Bonchev–Trinajstić information content (AvgIpc) is 3.64. The highest BCUT2D eigenvalue weighted by Gasteiger charge is 2.36. The van der Waals surface area contributed by atoms with Gasteiger partial charge in [-0.3, -0.25) is 9.59 Å². The zero-order valence-corrected chi connectivity index (χ0v) is 22.7. The molecule has 40 heavy (non-hydrogen) atoms. The second kappa shape index (κ2) is 13.1. The van der Waals surface area contributed by atoms with Gasteiger partial charge in [-0.05, 0) is 43.4 Å². The molecule has 1 fully saturated rings. The first-order chi connectivity index (χ1) is 19.2. The molecule has 3 aromatic rings. The molecule has 0 saturated heterocycles. The number of rotatable bonds is 11. The van der Waals surface area contributed by atoms with Crippen LogP contribution in [-0.2, 0) is 22.1 Å². The van der Waals surface area contributed by atoms with E-state index in [4.69, 9.17) is 4.74 Å². The van der Waals surface area contributed by atoms with Gasteiger partial charge in [0.15, 0.2) is 0 Å². The van der Waals surface area contributed by atoms with E-state index in [2.05, 4.69) is 15.4 Å². The normalized spacial score (nSPS) is 14.7. The molecule has 0 aliphatic heterocycles. The van der Waals surface area contributed by atoms with Gasteiger partial charge in [-0.2, -0.15) is 13.2 Å². The van der Waals surface area contributed by atoms with Gasteiger partial charge >= 0.3 is 6.18 Å². The van der Waals surface area contributed by atoms with E-state index in [-0.39, 0.29) is 23.3 Å². The number of carbonyl (C=O) groups excluding carboxylic acids is 2. The number of hydrogen-bond acceptors (Lipinski definition) is 5. The van der Waals surface area contributed by atoms with E-state index in [1.54, 1.807) is 7.05 Å². The van der Waals surface area contributed by atoms with Gasteiger partial charge in [-0.15, -0.1) is 5.10 Å². The Labute approximate surface area is 231 Å². The van der Waals surface area contributed by atoms with Gasteiger partial charge in [-0.25, -0.2) is 9.67 Å². The maximum atomic E-state index is 13.9. The Morgan fingerprint density at radius 3 is 2.45 bits per heavy atom. The summed E-state index contributed by atoms with van der Waals surface area (Å²) in [4.78, 5) is 32.6. The van der Waals surface area contributed by atoms with Gasteiger partial charge in [0.05, 0.1) is 17.9 Å². The van der Waals surface area contributed by atoms with E-state index >= 15 is 0 Å². The van der Waals surface area contributed by atoms with Gasteiger partial charge < -0.3 is 15.0 Å². The third-order valence-electron chi connectivity index (χ3n) is 7.17. The number of carbonyl (C=O) groups is 2. The van der Waals surface area contributed by atoms with E-state index in [1.165, 1.54) is 30.2 Å². The topological polar surface area (TPSA) is 89.4 Å². The summed E-state index contributed by atoms with van der Waals surface area (Å²) in [7, 11) is 3.16. The van der Waals surface area contributed by atoms with Gasteiger partial charge in [0.2, 0.25) is 11.7 Å². The first kappa shape index (κ1) is 29.3. The minimum absolute atomic E-state index is 0.119. The molecule has 1 aromatic heterocycles. The van der Waals surface area contributed by atoms with Gasteiger partial charge in [-0.1, -0.05) is 55.3 Å². The van der Waals surface area contributed by atoms with Crippen LogP contribution in [-0.4, -0.2) is 64.8 Å². The summed E-state index contributed by atoms with van der Waals surface area (Å²) >= 11 is 0. The van der Waals surface area contributed by atoms with Crippen molar-refractivity contribution >= 4 is 11.8 Å². The van der Waals surface area contributed by atoms with Crippen molar-refractivity contribution in [2.24, 2.45) is 0 Å². The first-order valence-corrected chi connectivity index (χ1v) is 13.4. The summed E-state index contributed by atoms with van der Waals surface area (Å²) < 4.78 is 47.8. The SMILES string of the molecule is COCCN(C)C(=O)C(CCc1ccccc1)NC(=O)c1nc(C2CCCC2)n(-c2ccccc2C(F)(F)F)n1. The van der Waals surface area contributed by atoms with Crippen molar-refractivity contribution in [3.05, 3.63) is 77.4 Å². The number of para-hydroxylation sites is 1. The number of likely N-dealkylation sites (N-methyl/N-ethyl adjacent to an activating group) is 1. The number of benzene rings is 2. The van der Waals surface area contributed by atoms with Crippen molar-refractivity contribution in [1.29, 1.82) is 0 Å². The molecule has 1 unspecified atom stereocenters. The fraction of sp³-hybridized carbons (Fsp3) is 0.448. The van der Waals surface area contributed by atoms with E-state index in [9.17, 15) is 22.8 Å². The molecule has 11 heteroatoms. The van der Waals surface area contributed by atoms with Crippen LogP contribution in [0.4, 0.5) is 13.2 Å². The Balaban J connectivity index is 1.64. The molecule has 8 nitrogen and oxygen atoms in total. The third-order valence-corrected chi connectivity index (χ3v) is 7.17. The van der Waals surface area contributed by atoms with Crippen molar-refractivity contribution in [1.82, 2.24) is 25.0 Å². The van der Waals surface area contributed by atoms with Crippen LogP contribution in [0.2, 0.25) is 0 Å². The van der Waals surface area contributed by atoms with E-state index in [0.717, 1.165) is 42.0 Å². The number of nitrogens with one attached hydrogen (secondary N) is 1. The molecular weight excluding hydrogens is 523 g/mol. The number of methoxy groups -OCH3 is 1. The smallest absolute Gasteiger partial charge is 0.383 e. The zero-order chi connectivity index (χ0) is 28.7. The quantitative estimate of drug-likeness (QED) is 0.367. The third kappa shape index (κ3) is 7.07. The zero-order valence-electron chi connectivity index (χ0n) is 22.7. The maximum absolute atomic E-state index is 13.9. The summed E-state index contributed by atoms with van der Waals surface area (Å²) in [5.74, 6) is -1.08. The van der Waals surface area contributed by atoms with Crippen LogP contribution < -0.4 is 5.32 Å². The summed E-state index contributed by atoms with van der Waals surface area (Å²) in [6, 6.07) is 13.8. The van der Waals surface area contributed by atoms with E-state index < -0.39 is 23.7 Å². The summed E-state index contributed by atoms with van der Waals surface area (Å²) in [5, 5.41) is 7.03. The van der Waals surface area contributed by atoms with Crippen molar-refractivity contribution in [2.45, 2.75) is 56.7 Å². The lowest BCUT2D eigenvalue weighted by Crippen LogP contribution is -2.48. The molecule has 0 radical (unpaired) electrons. The number of aryl methyl sites for hydroxylation is 1. The van der Waals surface area contributed by atoms with Crippen LogP contribution in [0.5, 0.6) is 0 Å². The summed E-state index contributed by atoms with van der Waals surface area (Å²) in [5.41, 5.74) is -0.0370. The first-order valence-electron chi connectivity index (χ1n) is 13.4. The van der Waals surface area contributed by atoms with Crippen LogP contribution in [0.25, 0.3) is 5.69 Å². The number of nitrogens with zero attached hydrogens (tertiary/aromatic N) is 4. The van der Waals surface area contributed by atoms with E-state index in [1.807, 2.05) is 30.3 Å². The average molecular weight is 558 g/mol. The van der Waals surface area contributed by atoms with Gasteiger partial charge in [0.25, 0.3) is 5.91 Å². The van der Waals surface area contributed by atoms with Crippen molar-refractivity contribution in [2.75, 3.05) is 27.3 Å². The molecule has 1 saturated carbocycles. The second-order valence-electron chi connectivity index (χ2n) is 10.0. The molecule has 1 atom stereocenters. The molecule has 0 bridgehead atoms. The molecule has 1 heterocycles. The standard InChI is InChI=1S/C29H34F3N5O3/c1-36(18-19-40-2)28(39)23(17-16-20-10-4-3-5-11-20)33-27(38)25-34-26(21-12-6-7-13-21)37(35-25)24-15-9-8-14-22(24)29(30,31)32/h3-5,8-11,14-15,21,23H,6-7,12-13,16-19H2,1-2H3,(H,33,38). The van der Waals surface area contributed by atoms with Gasteiger partial charge in [0.1, 0.15) is 11.9 Å². The predicted molar refractivity (Wildman–Crippen MR) is 143 cm³/mol. The number of amides is 2. The number of hydrogen-bond donors (Lipinski definition) is 1. The molecule has 1 N–H and O–H groups in total. The Morgan fingerprint density at radius 1 is 1.10 bits per heavy atom. The molecule has 2 aromatic carbocycles. The van der Waals surface area contributed by atoms with Crippen molar-refractivity contribution in [3.63, 3.8) is 0 Å². The Morgan fingerprint density at radius 2 is 1.77 bits per heavy atom. The Bertz CT molecular complexity index is 1290. The minimum atomic E-state index is -4.61. The lowest BCUT2D eigenvalue weighted by molar-refractivity contribution is -0.137. The molecule has 1 aliphatic rings. The monoisotopic (exact) mass is 557 g/mol. The Hall–Kier alpha value is -3.73.